The van der Waals surface area contributed by atoms with E-state index in [1.807, 2.05) is 24.3 Å². The minimum atomic E-state index is -3.37. The predicted octanol–water partition coefficient (Wildman–Crippen LogP) is 4.36. The molecule has 4 bridgehead atoms. The molecule has 0 saturated heterocycles. The molecule has 0 radical (unpaired) electrons. The summed E-state index contributed by atoms with van der Waals surface area (Å²) in [7, 11) is -3.37. The molecule has 6 rings (SSSR count). The first-order chi connectivity index (χ1) is 13.9. The van der Waals surface area contributed by atoms with E-state index in [4.69, 9.17) is 0 Å². The van der Waals surface area contributed by atoms with Crippen LogP contribution >= 0.6 is 0 Å². The molecule has 0 heterocycles. The van der Waals surface area contributed by atoms with Crippen LogP contribution in [0, 0.1) is 17.8 Å². The summed E-state index contributed by atoms with van der Waals surface area (Å²) in [5.74, 6) is 1.69. The summed E-state index contributed by atoms with van der Waals surface area (Å²) in [6.45, 7) is 0. The quantitative estimate of drug-likeness (QED) is 0.722. The molecule has 5 aliphatic carbocycles. The Labute approximate surface area is 173 Å². The number of para-hydroxylation sites is 2. The Balaban J connectivity index is 1.29. The van der Waals surface area contributed by atoms with Crippen molar-refractivity contribution in [2.24, 2.45) is 17.8 Å². The lowest BCUT2D eigenvalue weighted by Crippen LogP contribution is -2.54. The molecular formula is C23H32N2O3S. The molecule has 29 heavy (non-hydrogen) atoms. The smallest absolute Gasteiger partial charge is 0.239 e. The predicted molar refractivity (Wildman–Crippen MR) is 116 cm³/mol. The van der Waals surface area contributed by atoms with E-state index >= 15 is 0 Å². The first kappa shape index (κ1) is 19.4. The average Bonchev–Trinajstić information content (AvgIpc) is 3.17. The van der Waals surface area contributed by atoms with Gasteiger partial charge in [-0.25, -0.2) is 8.42 Å². The number of hydrogen-bond acceptors (Lipinski definition) is 4. The van der Waals surface area contributed by atoms with Crippen molar-refractivity contribution in [3.63, 3.8) is 0 Å². The van der Waals surface area contributed by atoms with Crippen LogP contribution in [-0.4, -0.2) is 30.9 Å². The van der Waals surface area contributed by atoms with E-state index in [1.54, 1.807) is 0 Å². The Morgan fingerprint density at radius 3 is 2.07 bits per heavy atom. The number of benzene rings is 1. The Morgan fingerprint density at radius 1 is 0.931 bits per heavy atom. The first-order valence-corrected chi connectivity index (χ1v) is 13.0. The summed E-state index contributed by atoms with van der Waals surface area (Å²) < 4.78 is 25.1. The van der Waals surface area contributed by atoms with Crippen LogP contribution in [0.15, 0.2) is 24.3 Å². The zero-order valence-electron chi connectivity index (χ0n) is 17.0. The molecule has 1 aromatic carbocycles. The maximum Gasteiger partial charge on any atom is 0.239 e. The molecule has 5 aliphatic rings. The van der Waals surface area contributed by atoms with Crippen molar-refractivity contribution < 1.29 is 13.2 Å². The third-order valence-electron chi connectivity index (χ3n) is 7.78. The van der Waals surface area contributed by atoms with Crippen LogP contribution in [0.2, 0.25) is 0 Å². The van der Waals surface area contributed by atoms with Crippen molar-refractivity contribution in [1.29, 1.82) is 0 Å². The third kappa shape index (κ3) is 3.92. The summed E-state index contributed by atoms with van der Waals surface area (Å²) in [5, 5.41) is 6.37. The molecule has 0 unspecified atom stereocenters. The van der Waals surface area contributed by atoms with E-state index in [1.165, 1.54) is 38.5 Å². The fourth-order valence-electron chi connectivity index (χ4n) is 6.98. The van der Waals surface area contributed by atoms with Gasteiger partial charge in [-0.15, -0.1) is 0 Å². The first-order valence-electron chi connectivity index (χ1n) is 11.3. The van der Waals surface area contributed by atoms with Gasteiger partial charge in [0.15, 0.2) is 9.84 Å². The summed E-state index contributed by atoms with van der Waals surface area (Å²) >= 11 is 0. The molecule has 5 fully saturated rings. The van der Waals surface area contributed by atoms with Gasteiger partial charge < -0.3 is 10.6 Å². The number of nitrogens with one attached hydrogen (secondary N) is 2. The van der Waals surface area contributed by atoms with E-state index in [2.05, 4.69) is 10.6 Å². The van der Waals surface area contributed by atoms with Crippen LogP contribution in [0.1, 0.15) is 64.2 Å². The zero-order chi connectivity index (χ0) is 20.1. The second-order valence-electron chi connectivity index (χ2n) is 10.1. The molecule has 2 N–H and O–H groups in total. The minimum absolute atomic E-state index is 0.144. The lowest BCUT2D eigenvalue weighted by atomic mass is 9.53. The minimum Gasteiger partial charge on any atom is -0.378 e. The van der Waals surface area contributed by atoms with Crippen LogP contribution in [0.3, 0.4) is 0 Å². The SMILES string of the molecule is O=C(CS(=O)(=O)C1CCCC1)Nc1ccccc1NC12CC3CC(CC(C3)C1)C2. The maximum absolute atomic E-state index is 12.6. The number of amides is 1. The number of anilines is 2. The van der Waals surface area contributed by atoms with Crippen LogP contribution in [0.25, 0.3) is 0 Å². The fraction of sp³-hybridized carbons (Fsp3) is 0.696. The molecule has 6 heteroatoms. The van der Waals surface area contributed by atoms with Crippen molar-refractivity contribution in [3.8, 4) is 0 Å². The Morgan fingerprint density at radius 2 is 1.48 bits per heavy atom. The average molecular weight is 417 g/mol. The van der Waals surface area contributed by atoms with Crippen LogP contribution in [-0.2, 0) is 14.6 Å². The highest BCUT2D eigenvalue weighted by Gasteiger charge is 2.51. The van der Waals surface area contributed by atoms with Crippen molar-refractivity contribution >= 4 is 27.1 Å². The second-order valence-corrected chi connectivity index (χ2v) is 12.4. The van der Waals surface area contributed by atoms with Crippen molar-refractivity contribution in [1.82, 2.24) is 0 Å². The summed E-state index contributed by atoms with van der Waals surface area (Å²) in [6.07, 6.45) is 11.1. The number of hydrogen-bond donors (Lipinski definition) is 2. The van der Waals surface area contributed by atoms with Gasteiger partial charge in [0.1, 0.15) is 5.75 Å². The summed E-state index contributed by atoms with van der Waals surface area (Å²) in [4.78, 5) is 12.6. The third-order valence-corrected chi connectivity index (χ3v) is 9.93. The van der Waals surface area contributed by atoms with Crippen LogP contribution < -0.4 is 10.6 Å². The monoisotopic (exact) mass is 416 g/mol. The van der Waals surface area contributed by atoms with Gasteiger partial charge in [-0.05, 0) is 81.3 Å². The highest BCUT2D eigenvalue weighted by atomic mass is 32.2. The van der Waals surface area contributed by atoms with Crippen LogP contribution in [0.5, 0.6) is 0 Å². The molecule has 0 atom stereocenters. The molecule has 5 saturated carbocycles. The van der Waals surface area contributed by atoms with Gasteiger partial charge in [0.25, 0.3) is 0 Å². The number of rotatable bonds is 6. The summed E-state index contributed by atoms with van der Waals surface area (Å²) in [6, 6.07) is 7.77. The van der Waals surface area contributed by atoms with Gasteiger partial charge in [-0.3, -0.25) is 4.79 Å². The van der Waals surface area contributed by atoms with Gasteiger partial charge in [-0.1, -0.05) is 25.0 Å². The Hall–Kier alpha value is -1.56. The van der Waals surface area contributed by atoms with Crippen molar-refractivity contribution in [3.05, 3.63) is 24.3 Å². The molecule has 0 aliphatic heterocycles. The van der Waals surface area contributed by atoms with E-state index < -0.39 is 21.5 Å². The number of carbonyl (C=O) groups excluding carboxylic acids is 1. The lowest BCUT2D eigenvalue weighted by Gasteiger charge is -2.57. The van der Waals surface area contributed by atoms with Gasteiger partial charge in [-0.2, -0.15) is 0 Å². The van der Waals surface area contributed by atoms with E-state index in [0.717, 1.165) is 36.3 Å². The standard InChI is InChI=1S/C23H32N2O3S/c26-22(15-29(27,28)19-5-1-2-6-19)24-20-7-3-4-8-21(20)25-23-12-16-9-17(13-23)11-18(10-16)14-23/h3-4,7-8,16-19,25H,1-2,5-6,9-15H2,(H,24,26). The number of sulfone groups is 1. The molecule has 0 aromatic heterocycles. The number of carbonyl (C=O) groups is 1. The van der Waals surface area contributed by atoms with Crippen molar-refractivity contribution in [2.45, 2.75) is 75.0 Å². The normalized spacial score (nSPS) is 33.7. The van der Waals surface area contributed by atoms with Gasteiger partial charge in [0.2, 0.25) is 5.91 Å². The molecular weight excluding hydrogens is 384 g/mol. The maximum atomic E-state index is 12.6. The largest absolute Gasteiger partial charge is 0.378 e. The lowest BCUT2D eigenvalue weighted by molar-refractivity contribution is -0.113. The van der Waals surface area contributed by atoms with Crippen molar-refractivity contribution in [2.75, 3.05) is 16.4 Å². The second kappa shape index (κ2) is 7.29. The topological polar surface area (TPSA) is 75.3 Å². The van der Waals surface area contributed by atoms with E-state index in [0.29, 0.717) is 18.5 Å². The molecule has 1 amide bonds. The highest BCUT2D eigenvalue weighted by molar-refractivity contribution is 7.92. The van der Waals surface area contributed by atoms with E-state index in [-0.39, 0.29) is 10.8 Å². The molecule has 5 nitrogen and oxygen atoms in total. The van der Waals surface area contributed by atoms with Gasteiger partial charge in [0, 0.05) is 5.54 Å². The fourth-order valence-corrected chi connectivity index (χ4v) is 8.71. The van der Waals surface area contributed by atoms with Gasteiger partial charge in [0.05, 0.1) is 16.6 Å². The van der Waals surface area contributed by atoms with Gasteiger partial charge >= 0.3 is 0 Å². The van der Waals surface area contributed by atoms with Crippen LogP contribution in [0.4, 0.5) is 11.4 Å². The highest BCUT2D eigenvalue weighted by Crippen LogP contribution is 2.56. The molecule has 1 aromatic rings. The summed E-state index contributed by atoms with van der Waals surface area (Å²) in [5.41, 5.74) is 1.78. The van der Waals surface area contributed by atoms with E-state index in [9.17, 15) is 13.2 Å². The molecule has 0 spiro atoms. The zero-order valence-corrected chi connectivity index (χ0v) is 17.8. The molecule has 158 valence electrons. The Bertz CT molecular complexity index is 854. The Kier molecular flexibility index (Phi) is 4.88.